The molecule has 2 N–H and O–H groups in total. The van der Waals surface area contributed by atoms with E-state index in [2.05, 4.69) is 10.6 Å². The number of esters is 1. The second-order valence-electron chi connectivity index (χ2n) is 7.08. The van der Waals surface area contributed by atoms with Gasteiger partial charge in [0.2, 0.25) is 0 Å². The van der Waals surface area contributed by atoms with Gasteiger partial charge in [0.15, 0.2) is 6.61 Å². The highest BCUT2D eigenvalue weighted by Crippen LogP contribution is 2.34. The third-order valence-corrected chi connectivity index (χ3v) is 4.52. The van der Waals surface area contributed by atoms with Gasteiger partial charge in [-0.2, -0.15) is 13.2 Å². The topological polar surface area (TPSA) is 67.4 Å². The van der Waals surface area contributed by atoms with Gasteiger partial charge >= 0.3 is 12.1 Å². The number of carbonyl (C=O) groups excluding carboxylic acids is 2. The third kappa shape index (κ3) is 6.66. The first-order chi connectivity index (χ1) is 14.0. The van der Waals surface area contributed by atoms with Gasteiger partial charge in [0, 0.05) is 5.69 Å². The number of hydrogen-bond donors (Lipinski definition) is 2. The van der Waals surface area contributed by atoms with Crippen LogP contribution in [0, 0.1) is 12.8 Å². The fourth-order valence-electron chi connectivity index (χ4n) is 2.53. The summed E-state index contributed by atoms with van der Waals surface area (Å²) in [4.78, 5) is 24.4. The number of anilines is 2. The molecule has 162 valence electrons. The number of rotatable bonds is 7. The Labute approximate surface area is 177 Å². The molecular weight excluding hydrogens is 421 g/mol. The van der Waals surface area contributed by atoms with E-state index < -0.39 is 36.3 Å². The van der Waals surface area contributed by atoms with Gasteiger partial charge in [-0.25, -0.2) is 4.79 Å². The van der Waals surface area contributed by atoms with E-state index in [4.69, 9.17) is 16.3 Å². The van der Waals surface area contributed by atoms with Gasteiger partial charge in [0.1, 0.15) is 6.04 Å². The van der Waals surface area contributed by atoms with Gasteiger partial charge < -0.3 is 15.4 Å². The summed E-state index contributed by atoms with van der Waals surface area (Å²) in [6.45, 7) is 4.86. The van der Waals surface area contributed by atoms with Crippen LogP contribution in [0.15, 0.2) is 42.5 Å². The summed E-state index contributed by atoms with van der Waals surface area (Å²) in [5.74, 6) is -1.52. The van der Waals surface area contributed by atoms with Crippen molar-refractivity contribution in [1.82, 2.24) is 0 Å². The quantitative estimate of drug-likeness (QED) is 0.572. The molecule has 1 atom stereocenters. The first-order valence-electron chi connectivity index (χ1n) is 9.14. The molecule has 0 aromatic heterocycles. The lowest BCUT2D eigenvalue weighted by atomic mass is 10.0. The lowest BCUT2D eigenvalue weighted by Gasteiger charge is -2.23. The molecule has 0 bridgehead atoms. The average Bonchev–Trinajstić information content (AvgIpc) is 2.66. The molecule has 0 saturated carbocycles. The maximum Gasteiger partial charge on any atom is 0.416 e. The van der Waals surface area contributed by atoms with E-state index in [1.807, 2.05) is 19.1 Å². The van der Waals surface area contributed by atoms with Gasteiger partial charge in [-0.1, -0.05) is 43.1 Å². The van der Waals surface area contributed by atoms with E-state index in [1.54, 1.807) is 26.0 Å². The number of hydrogen-bond acceptors (Lipinski definition) is 4. The third-order valence-electron chi connectivity index (χ3n) is 4.21. The number of aryl methyl sites for hydroxylation is 1. The van der Waals surface area contributed by atoms with Crippen LogP contribution in [-0.4, -0.2) is 24.5 Å². The van der Waals surface area contributed by atoms with Gasteiger partial charge in [-0.15, -0.1) is 0 Å². The van der Waals surface area contributed by atoms with Gasteiger partial charge in [0.05, 0.1) is 16.3 Å². The van der Waals surface area contributed by atoms with Gasteiger partial charge in [0.25, 0.3) is 5.91 Å². The summed E-state index contributed by atoms with van der Waals surface area (Å²) in [5, 5.41) is 5.23. The molecule has 1 amide bonds. The highest BCUT2D eigenvalue weighted by molar-refractivity contribution is 6.33. The largest absolute Gasteiger partial charge is 0.454 e. The van der Waals surface area contributed by atoms with E-state index in [0.29, 0.717) is 5.69 Å². The first kappa shape index (κ1) is 23.5. The van der Waals surface area contributed by atoms with Crippen molar-refractivity contribution in [1.29, 1.82) is 0 Å². The predicted octanol–water partition coefficient (Wildman–Crippen LogP) is 5.29. The van der Waals surface area contributed by atoms with E-state index in [9.17, 15) is 22.8 Å². The second kappa shape index (κ2) is 9.84. The summed E-state index contributed by atoms with van der Waals surface area (Å²) >= 11 is 5.94. The van der Waals surface area contributed by atoms with E-state index in [-0.39, 0.29) is 16.6 Å². The molecule has 0 fully saturated rings. The maximum absolute atomic E-state index is 12.8. The zero-order valence-electron chi connectivity index (χ0n) is 16.6. The molecule has 0 spiro atoms. The number of benzene rings is 2. The Morgan fingerprint density at radius 3 is 2.27 bits per heavy atom. The summed E-state index contributed by atoms with van der Waals surface area (Å²) in [7, 11) is 0. The second-order valence-corrected chi connectivity index (χ2v) is 7.49. The molecule has 5 nitrogen and oxygen atoms in total. The molecule has 0 aliphatic rings. The normalized spacial score (nSPS) is 12.4. The van der Waals surface area contributed by atoms with Gasteiger partial charge in [-0.3, -0.25) is 4.79 Å². The van der Waals surface area contributed by atoms with E-state index in [0.717, 1.165) is 23.8 Å². The van der Waals surface area contributed by atoms with Crippen molar-refractivity contribution in [3.05, 3.63) is 58.6 Å². The van der Waals surface area contributed by atoms with Crippen molar-refractivity contribution in [2.24, 2.45) is 5.92 Å². The summed E-state index contributed by atoms with van der Waals surface area (Å²) in [6.07, 6.45) is -4.52. The standard InChI is InChI=1S/C21H22ClF3N2O3/c1-12(2)19(27-17-9-6-14(10-16(17)22)21(23,24)25)20(29)30-11-18(28)26-15-7-4-13(3)5-8-15/h4-10,12,19,27H,11H2,1-3H3,(H,26,28). The molecule has 2 rings (SSSR count). The van der Waals surface area contributed by atoms with Crippen LogP contribution in [0.5, 0.6) is 0 Å². The SMILES string of the molecule is Cc1ccc(NC(=O)COC(=O)C(Nc2ccc(C(F)(F)F)cc2Cl)C(C)C)cc1. The molecule has 2 aromatic rings. The molecule has 0 aliphatic heterocycles. The van der Waals surface area contributed by atoms with E-state index in [1.165, 1.54) is 0 Å². The Balaban J connectivity index is 1.99. The summed E-state index contributed by atoms with van der Waals surface area (Å²) in [5.41, 5.74) is 0.864. The van der Waals surface area contributed by atoms with Crippen LogP contribution in [0.4, 0.5) is 24.5 Å². The lowest BCUT2D eigenvalue weighted by molar-refractivity contribution is -0.149. The van der Waals surface area contributed by atoms with Crippen LogP contribution in [0.3, 0.4) is 0 Å². The average molecular weight is 443 g/mol. The number of carbonyl (C=O) groups is 2. The van der Waals surface area contributed by atoms with Crippen LogP contribution < -0.4 is 10.6 Å². The fourth-order valence-corrected chi connectivity index (χ4v) is 2.77. The number of ether oxygens (including phenoxy) is 1. The number of amides is 1. The highest BCUT2D eigenvalue weighted by atomic mass is 35.5. The molecule has 0 heterocycles. The minimum atomic E-state index is -4.52. The predicted molar refractivity (Wildman–Crippen MR) is 109 cm³/mol. The Kier molecular flexibility index (Phi) is 7.72. The maximum atomic E-state index is 12.8. The molecule has 30 heavy (non-hydrogen) atoms. The Morgan fingerprint density at radius 2 is 1.73 bits per heavy atom. The van der Waals surface area contributed by atoms with Gasteiger partial charge in [-0.05, 0) is 43.2 Å². The Hall–Kier alpha value is -2.74. The van der Waals surface area contributed by atoms with Crippen molar-refractivity contribution >= 4 is 34.9 Å². The van der Waals surface area contributed by atoms with Crippen LogP contribution in [0.1, 0.15) is 25.0 Å². The number of nitrogens with one attached hydrogen (secondary N) is 2. The molecule has 2 aromatic carbocycles. The Bertz CT molecular complexity index is 899. The van der Waals surface area contributed by atoms with Crippen LogP contribution in [0.25, 0.3) is 0 Å². The molecular formula is C21H22ClF3N2O3. The Morgan fingerprint density at radius 1 is 1.10 bits per heavy atom. The minimum absolute atomic E-state index is 0.157. The zero-order chi connectivity index (χ0) is 22.5. The van der Waals surface area contributed by atoms with Crippen molar-refractivity contribution in [2.45, 2.75) is 33.0 Å². The molecule has 0 saturated heterocycles. The smallest absolute Gasteiger partial charge is 0.416 e. The van der Waals surface area contributed by atoms with Crippen molar-refractivity contribution in [3.63, 3.8) is 0 Å². The molecule has 0 radical (unpaired) electrons. The number of halogens is 4. The van der Waals surface area contributed by atoms with Crippen molar-refractivity contribution in [2.75, 3.05) is 17.2 Å². The minimum Gasteiger partial charge on any atom is -0.454 e. The van der Waals surface area contributed by atoms with Crippen molar-refractivity contribution in [3.8, 4) is 0 Å². The van der Waals surface area contributed by atoms with Crippen LogP contribution >= 0.6 is 11.6 Å². The molecule has 0 aliphatic carbocycles. The first-order valence-corrected chi connectivity index (χ1v) is 9.51. The monoisotopic (exact) mass is 442 g/mol. The van der Waals surface area contributed by atoms with Crippen LogP contribution in [0.2, 0.25) is 5.02 Å². The molecule has 1 unspecified atom stereocenters. The van der Waals surface area contributed by atoms with E-state index >= 15 is 0 Å². The zero-order valence-corrected chi connectivity index (χ0v) is 17.4. The summed E-state index contributed by atoms with van der Waals surface area (Å²) < 4.78 is 43.4. The molecule has 9 heteroatoms. The fraction of sp³-hybridized carbons (Fsp3) is 0.333. The highest BCUT2D eigenvalue weighted by Gasteiger charge is 2.31. The van der Waals surface area contributed by atoms with Crippen LogP contribution in [-0.2, 0) is 20.5 Å². The lowest BCUT2D eigenvalue weighted by Crippen LogP contribution is -2.37. The van der Waals surface area contributed by atoms with Crippen molar-refractivity contribution < 1.29 is 27.5 Å². The number of alkyl halides is 3. The summed E-state index contributed by atoms with van der Waals surface area (Å²) in [6, 6.07) is 8.99.